The second-order valence-corrected chi connectivity index (χ2v) is 6.66. The van der Waals surface area contributed by atoms with Gasteiger partial charge in [-0.1, -0.05) is 29.8 Å². The number of ether oxygens (including phenoxy) is 1. The monoisotopic (exact) mass is 450 g/mol. The topological polar surface area (TPSA) is 52.8 Å². The molecule has 5 nitrogen and oxygen atoms in total. The Hall–Kier alpha value is -2.82. The van der Waals surface area contributed by atoms with E-state index < -0.39 is 29.6 Å². The molecule has 0 bridgehead atoms. The Morgan fingerprint density at radius 2 is 1.70 bits per heavy atom. The minimum atomic E-state index is -4.62. The lowest BCUT2D eigenvalue weighted by Crippen LogP contribution is -2.13. The highest BCUT2D eigenvalue weighted by Gasteiger charge is 2.35. The summed E-state index contributed by atoms with van der Waals surface area (Å²) in [4.78, 5) is 3.57. The van der Waals surface area contributed by atoms with Crippen molar-refractivity contribution in [2.24, 2.45) is 7.05 Å². The maximum absolute atomic E-state index is 13.3. The number of rotatable bonds is 4. The van der Waals surface area contributed by atoms with Crippen LogP contribution in [0.1, 0.15) is 30.0 Å². The fourth-order valence-corrected chi connectivity index (χ4v) is 2.95. The third-order valence-electron chi connectivity index (χ3n) is 4.17. The van der Waals surface area contributed by atoms with Crippen LogP contribution in [-0.2, 0) is 19.4 Å². The van der Waals surface area contributed by atoms with E-state index in [1.807, 2.05) is 0 Å². The summed E-state index contributed by atoms with van der Waals surface area (Å²) < 4.78 is 84.8. The average molecular weight is 451 g/mol. The van der Waals surface area contributed by atoms with Gasteiger partial charge in [0.2, 0.25) is 5.88 Å². The Morgan fingerprint density at radius 3 is 2.30 bits per heavy atom. The molecule has 0 saturated heterocycles. The summed E-state index contributed by atoms with van der Waals surface area (Å²) in [5, 5.41) is 7.32. The minimum absolute atomic E-state index is 0.0557. The first-order valence-electron chi connectivity index (χ1n) is 8.35. The third-order valence-corrected chi connectivity index (χ3v) is 4.44. The van der Waals surface area contributed by atoms with Gasteiger partial charge in [-0.15, -0.1) is 10.2 Å². The lowest BCUT2D eigenvalue weighted by molar-refractivity contribution is -0.138. The molecule has 160 valence electrons. The fraction of sp³-hybridized carbons (Fsp3) is 0.278. The van der Waals surface area contributed by atoms with E-state index >= 15 is 0 Å². The summed E-state index contributed by atoms with van der Waals surface area (Å²) in [7, 11) is 1.44. The van der Waals surface area contributed by atoms with Gasteiger partial charge in [-0.25, -0.2) is 4.98 Å². The van der Waals surface area contributed by atoms with Crippen LogP contribution >= 0.6 is 11.6 Å². The van der Waals surface area contributed by atoms with Crippen LogP contribution in [0, 0.1) is 0 Å². The maximum Gasteiger partial charge on any atom is 0.417 e. The summed E-state index contributed by atoms with van der Waals surface area (Å²) in [6, 6.07) is 5.54. The summed E-state index contributed by atoms with van der Waals surface area (Å²) in [6.45, 7) is 1.49. The third kappa shape index (κ3) is 4.35. The Bertz CT molecular complexity index is 1060. The summed E-state index contributed by atoms with van der Waals surface area (Å²) in [5.74, 6) is -0.211. The molecule has 1 unspecified atom stereocenters. The molecule has 0 spiro atoms. The number of aromatic nitrogens is 4. The van der Waals surface area contributed by atoms with Crippen LogP contribution in [0.15, 0.2) is 36.5 Å². The van der Waals surface area contributed by atoms with E-state index in [4.69, 9.17) is 16.3 Å². The molecular weight excluding hydrogens is 438 g/mol. The standard InChI is InChI=1S/C18H13ClF6N4O/c1-9(30-16-13(19)7-10(8-26-16)17(20,21)22)14-27-28-15(29(14)2)11-5-3-4-6-12(11)18(23,24)25/h3-9H,1-2H3. The predicted molar refractivity (Wildman–Crippen MR) is 94.7 cm³/mol. The van der Waals surface area contributed by atoms with Gasteiger partial charge in [0.25, 0.3) is 0 Å². The molecule has 0 aliphatic rings. The zero-order valence-electron chi connectivity index (χ0n) is 15.4. The fourth-order valence-electron chi connectivity index (χ4n) is 2.74. The van der Waals surface area contributed by atoms with Gasteiger partial charge in [0.05, 0.1) is 11.1 Å². The first-order valence-corrected chi connectivity index (χ1v) is 8.72. The number of alkyl halides is 6. The van der Waals surface area contributed by atoms with Crippen LogP contribution < -0.4 is 4.74 Å². The molecule has 0 amide bonds. The van der Waals surface area contributed by atoms with E-state index in [0.717, 1.165) is 6.07 Å². The Labute approximate surface area is 171 Å². The molecule has 3 aromatic rings. The number of hydrogen-bond acceptors (Lipinski definition) is 4. The van der Waals surface area contributed by atoms with Gasteiger partial charge >= 0.3 is 12.4 Å². The van der Waals surface area contributed by atoms with Gasteiger partial charge in [-0.05, 0) is 19.1 Å². The Kier molecular flexibility index (Phi) is 5.68. The van der Waals surface area contributed by atoms with Gasteiger partial charge in [0, 0.05) is 18.8 Å². The number of benzene rings is 1. The Balaban J connectivity index is 1.90. The van der Waals surface area contributed by atoms with Gasteiger partial charge in [0.1, 0.15) is 5.02 Å². The molecule has 30 heavy (non-hydrogen) atoms. The molecule has 1 atom stereocenters. The van der Waals surface area contributed by atoms with Crippen molar-refractivity contribution in [1.82, 2.24) is 19.7 Å². The van der Waals surface area contributed by atoms with Crippen molar-refractivity contribution in [2.45, 2.75) is 25.4 Å². The van der Waals surface area contributed by atoms with E-state index in [9.17, 15) is 26.3 Å². The molecule has 0 aliphatic carbocycles. The first kappa shape index (κ1) is 21.9. The predicted octanol–water partition coefficient (Wildman–Crippen LogP) is 5.71. The molecule has 0 N–H and O–H groups in total. The van der Waals surface area contributed by atoms with Crippen LogP contribution in [0.3, 0.4) is 0 Å². The van der Waals surface area contributed by atoms with Crippen LogP contribution in [0.4, 0.5) is 26.3 Å². The van der Waals surface area contributed by atoms with Crippen molar-refractivity contribution >= 4 is 11.6 Å². The molecule has 0 fully saturated rings. The minimum Gasteiger partial charge on any atom is -0.465 e. The van der Waals surface area contributed by atoms with E-state index in [2.05, 4.69) is 15.2 Å². The molecule has 12 heteroatoms. The van der Waals surface area contributed by atoms with E-state index in [1.165, 1.54) is 36.7 Å². The quantitative estimate of drug-likeness (QED) is 0.478. The molecule has 2 aromatic heterocycles. The zero-order chi connectivity index (χ0) is 22.3. The van der Waals surface area contributed by atoms with Crippen LogP contribution in [0.5, 0.6) is 5.88 Å². The van der Waals surface area contributed by atoms with E-state index in [0.29, 0.717) is 12.3 Å². The molecule has 3 rings (SSSR count). The van der Waals surface area contributed by atoms with Crippen molar-refractivity contribution in [3.8, 4) is 17.3 Å². The normalized spacial score (nSPS) is 13.4. The van der Waals surface area contributed by atoms with Gasteiger partial charge < -0.3 is 9.30 Å². The smallest absolute Gasteiger partial charge is 0.417 e. The van der Waals surface area contributed by atoms with Crippen molar-refractivity contribution in [3.05, 3.63) is 58.5 Å². The van der Waals surface area contributed by atoms with Crippen molar-refractivity contribution in [2.75, 3.05) is 0 Å². The zero-order valence-corrected chi connectivity index (χ0v) is 16.1. The van der Waals surface area contributed by atoms with Crippen LogP contribution in [-0.4, -0.2) is 19.7 Å². The van der Waals surface area contributed by atoms with Crippen LogP contribution in [0.2, 0.25) is 5.02 Å². The van der Waals surface area contributed by atoms with Gasteiger partial charge in [-0.3, -0.25) is 0 Å². The van der Waals surface area contributed by atoms with Crippen molar-refractivity contribution in [1.29, 1.82) is 0 Å². The van der Waals surface area contributed by atoms with E-state index in [1.54, 1.807) is 0 Å². The highest BCUT2D eigenvalue weighted by Crippen LogP contribution is 2.37. The number of hydrogen-bond donors (Lipinski definition) is 0. The first-order chi connectivity index (χ1) is 13.9. The largest absolute Gasteiger partial charge is 0.465 e. The summed E-state index contributed by atoms with van der Waals surface area (Å²) in [5.41, 5.74) is -2.10. The van der Waals surface area contributed by atoms with Gasteiger partial charge in [0.15, 0.2) is 17.8 Å². The number of nitrogens with zero attached hydrogens (tertiary/aromatic N) is 4. The van der Waals surface area contributed by atoms with E-state index in [-0.39, 0.29) is 28.1 Å². The molecule has 0 saturated carbocycles. The van der Waals surface area contributed by atoms with Crippen molar-refractivity contribution < 1.29 is 31.1 Å². The highest BCUT2D eigenvalue weighted by molar-refractivity contribution is 6.31. The summed E-state index contributed by atoms with van der Waals surface area (Å²) >= 11 is 5.82. The van der Waals surface area contributed by atoms with Crippen LogP contribution in [0.25, 0.3) is 11.4 Å². The second kappa shape index (κ2) is 7.78. The number of halogens is 7. The average Bonchev–Trinajstić information content (AvgIpc) is 3.03. The van der Waals surface area contributed by atoms with Crippen molar-refractivity contribution in [3.63, 3.8) is 0 Å². The number of pyridine rings is 1. The molecule has 2 heterocycles. The highest BCUT2D eigenvalue weighted by atomic mass is 35.5. The van der Waals surface area contributed by atoms with Gasteiger partial charge in [-0.2, -0.15) is 26.3 Å². The Morgan fingerprint density at radius 1 is 1.03 bits per heavy atom. The summed E-state index contributed by atoms with van der Waals surface area (Å²) in [6.07, 6.45) is -9.57. The SMILES string of the molecule is CC(Oc1ncc(C(F)(F)F)cc1Cl)c1nnc(-c2ccccc2C(F)(F)F)n1C. The molecule has 0 aliphatic heterocycles. The maximum atomic E-state index is 13.3. The molecule has 0 radical (unpaired) electrons. The lowest BCUT2D eigenvalue weighted by atomic mass is 10.1. The second-order valence-electron chi connectivity index (χ2n) is 6.25. The molecular formula is C18H13ClF6N4O. The lowest BCUT2D eigenvalue weighted by Gasteiger charge is -2.16. The molecule has 1 aromatic carbocycles.